The average Bonchev–Trinajstić information content (AvgIpc) is 3.37. The third-order valence-corrected chi connectivity index (χ3v) is 8.25. The van der Waals surface area contributed by atoms with E-state index < -0.39 is 37.4 Å². The van der Waals surface area contributed by atoms with E-state index in [2.05, 4.69) is 0 Å². The second-order valence-electron chi connectivity index (χ2n) is 9.22. The van der Waals surface area contributed by atoms with Crippen LogP contribution in [-0.4, -0.2) is 31.8 Å². The second kappa shape index (κ2) is 11.3. The van der Waals surface area contributed by atoms with Crippen LogP contribution in [0.3, 0.4) is 0 Å². The first-order valence-electron chi connectivity index (χ1n) is 12.8. The lowest BCUT2D eigenvalue weighted by Crippen LogP contribution is -2.37. The summed E-state index contributed by atoms with van der Waals surface area (Å²) in [6.45, 7) is 3.22. The number of carbonyl (C=O) groups is 2. The molecule has 1 heterocycles. The summed E-state index contributed by atoms with van der Waals surface area (Å²) in [7, 11) is -4.70. The Kier molecular flexibility index (Phi) is 7.60. The van der Waals surface area contributed by atoms with E-state index in [4.69, 9.17) is 9.15 Å². The molecular weight excluding hydrogens is 560 g/mol. The number of amides is 1. The van der Waals surface area contributed by atoms with Crippen molar-refractivity contribution in [1.82, 2.24) is 0 Å². The molecule has 4 aromatic carbocycles. The van der Waals surface area contributed by atoms with Crippen molar-refractivity contribution in [3.05, 3.63) is 124 Å². The molecule has 10 nitrogen and oxygen atoms in total. The molecule has 1 aromatic heterocycles. The monoisotopic (exact) mass is 584 g/mol. The molecule has 0 saturated heterocycles. The van der Waals surface area contributed by atoms with Gasteiger partial charge in [0.1, 0.15) is 16.9 Å². The summed E-state index contributed by atoms with van der Waals surface area (Å²) in [5.74, 6) is -1.37. The summed E-state index contributed by atoms with van der Waals surface area (Å²) in [6, 6.07) is 24.2. The van der Waals surface area contributed by atoms with Crippen molar-refractivity contribution in [3.8, 4) is 11.3 Å². The van der Waals surface area contributed by atoms with E-state index >= 15 is 0 Å². The highest BCUT2D eigenvalue weighted by Gasteiger charge is 2.34. The number of rotatable bonds is 8. The van der Waals surface area contributed by atoms with Crippen LogP contribution >= 0.6 is 0 Å². The van der Waals surface area contributed by atoms with E-state index in [0.29, 0.717) is 9.87 Å². The van der Waals surface area contributed by atoms with Crippen LogP contribution in [-0.2, 0) is 14.8 Å². The van der Waals surface area contributed by atoms with E-state index in [0.717, 1.165) is 6.07 Å². The molecule has 0 spiro atoms. The Morgan fingerprint density at radius 1 is 0.929 bits per heavy atom. The predicted octanol–water partition coefficient (Wildman–Crippen LogP) is 6.53. The van der Waals surface area contributed by atoms with Crippen molar-refractivity contribution >= 4 is 44.2 Å². The number of aryl methyl sites for hydroxylation is 1. The molecule has 0 N–H and O–H groups in total. The number of nitrogens with zero attached hydrogens (tertiary/aromatic N) is 2. The van der Waals surface area contributed by atoms with Gasteiger partial charge in [-0.15, -0.1) is 0 Å². The van der Waals surface area contributed by atoms with Crippen LogP contribution in [0.15, 0.2) is 106 Å². The first-order chi connectivity index (χ1) is 20.1. The van der Waals surface area contributed by atoms with Gasteiger partial charge in [-0.05, 0) is 50.2 Å². The van der Waals surface area contributed by atoms with Crippen molar-refractivity contribution in [2.45, 2.75) is 18.7 Å². The van der Waals surface area contributed by atoms with Crippen LogP contribution in [0.1, 0.15) is 33.2 Å². The number of hydrogen-bond acceptors (Lipinski definition) is 8. The smallest absolute Gasteiger partial charge is 0.342 e. The third-order valence-electron chi connectivity index (χ3n) is 6.54. The number of hydrogen-bond donors (Lipinski definition) is 0. The highest BCUT2D eigenvalue weighted by Crippen LogP contribution is 2.38. The van der Waals surface area contributed by atoms with Gasteiger partial charge in [0.05, 0.1) is 22.1 Å². The fourth-order valence-corrected chi connectivity index (χ4v) is 5.95. The van der Waals surface area contributed by atoms with Gasteiger partial charge in [-0.3, -0.25) is 14.9 Å². The zero-order valence-electron chi connectivity index (χ0n) is 22.5. The van der Waals surface area contributed by atoms with Crippen LogP contribution in [0, 0.1) is 17.0 Å². The van der Waals surface area contributed by atoms with Crippen molar-refractivity contribution in [3.63, 3.8) is 0 Å². The molecule has 0 saturated carbocycles. The number of esters is 1. The minimum absolute atomic E-state index is 0.0607. The maximum Gasteiger partial charge on any atom is 0.342 e. The number of ether oxygens (including phenoxy) is 1. The van der Waals surface area contributed by atoms with Crippen LogP contribution in [0.4, 0.5) is 11.4 Å². The van der Waals surface area contributed by atoms with Crippen molar-refractivity contribution in [1.29, 1.82) is 0 Å². The number of benzene rings is 4. The van der Waals surface area contributed by atoms with Gasteiger partial charge >= 0.3 is 5.97 Å². The van der Waals surface area contributed by atoms with Gasteiger partial charge in [-0.25, -0.2) is 13.2 Å². The maximum absolute atomic E-state index is 14.1. The van der Waals surface area contributed by atoms with E-state index in [-0.39, 0.29) is 45.7 Å². The molecule has 5 aromatic rings. The lowest BCUT2D eigenvalue weighted by Gasteiger charge is -2.23. The maximum atomic E-state index is 14.1. The summed E-state index contributed by atoms with van der Waals surface area (Å²) >= 11 is 0. The number of nitro groups is 1. The first-order valence-corrected chi connectivity index (χ1v) is 14.3. The van der Waals surface area contributed by atoms with E-state index in [1.807, 2.05) is 6.07 Å². The molecule has 0 aliphatic heterocycles. The molecule has 0 aliphatic carbocycles. The molecule has 0 fully saturated rings. The molecule has 1 amide bonds. The second-order valence-corrected chi connectivity index (χ2v) is 11.0. The summed E-state index contributed by atoms with van der Waals surface area (Å²) in [5.41, 5.74) is 0.718. The molecule has 11 heteroatoms. The highest BCUT2D eigenvalue weighted by atomic mass is 32.2. The van der Waals surface area contributed by atoms with Crippen LogP contribution in [0.25, 0.3) is 22.3 Å². The average molecular weight is 585 g/mol. The number of fused-ring (bicyclic) bond motifs is 1. The Hall–Kier alpha value is -5.29. The van der Waals surface area contributed by atoms with Gasteiger partial charge in [0.2, 0.25) is 0 Å². The van der Waals surface area contributed by atoms with Gasteiger partial charge in [0.25, 0.3) is 21.6 Å². The van der Waals surface area contributed by atoms with Crippen molar-refractivity contribution < 1.29 is 32.1 Å². The summed E-state index contributed by atoms with van der Waals surface area (Å²) in [5, 5.41) is 11.8. The Morgan fingerprint density at radius 2 is 1.60 bits per heavy atom. The van der Waals surface area contributed by atoms with Crippen LogP contribution in [0.5, 0.6) is 0 Å². The SMILES string of the molecule is CCOC(=O)c1c(-c2ccccc2)oc2ccc(N(C(=O)c3ccccc3)S(=O)(=O)c3ccc(C)c([N+](=O)[O-])c3)cc12. The summed E-state index contributed by atoms with van der Waals surface area (Å²) < 4.78 is 40.1. The predicted molar refractivity (Wildman–Crippen MR) is 156 cm³/mol. The molecule has 5 rings (SSSR count). The lowest BCUT2D eigenvalue weighted by atomic mass is 10.1. The van der Waals surface area contributed by atoms with Gasteiger partial charge in [0, 0.05) is 28.1 Å². The minimum atomic E-state index is -4.70. The zero-order valence-corrected chi connectivity index (χ0v) is 23.3. The van der Waals surface area contributed by atoms with Crippen LogP contribution < -0.4 is 4.31 Å². The fraction of sp³-hybridized carbons (Fsp3) is 0.0968. The normalized spacial score (nSPS) is 11.3. The number of carbonyl (C=O) groups excluding carboxylic acids is 2. The highest BCUT2D eigenvalue weighted by molar-refractivity contribution is 7.93. The topological polar surface area (TPSA) is 137 Å². The number of nitro benzene ring substituents is 1. The van der Waals surface area contributed by atoms with Gasteiger partial charge in [-0.1, -0.05) is 54.6 Å². The van der Waals surface area contributed by atoms with Crippen molar-refractivity contribution in [2.75, 3.05) is 10.9 Å². The van der Waals surface area contributed by atoms with E-state index in [1.54, 1.807) is 49.4 Å². The molecular formula is C31H24N2O8S. The van der Waals surface area contributed by atoms with Crippen LogP contribution in [0.2, 0.25) is 0 Å². The molecule has 0 radical (unpaired) electrons. The molecule has 212 valence electrons. The number of furan rings is 1. The van der Waals surface area contributed by atoms with Gasteiger partial charge in [-0.2, -0.15) is 4.31 Å². The molecule has 0 bridgehead atoms. The molecule has 0 unspecified atom stereocenters. The third kappa shape index (κ3) is 5.13. The lowest BCUT2D eigenvalue weighted by molar-refractivity contribution is -0.385. The van der Waals surface area contributed by atoms with E-state index in [1.165, 1.54) is 49.4 Å². The van der Waals surface area contributed by atoms with Gasteiger partial charge < -0.3 is 9.15 Å². The number of sulfonamides is 1. The van der Waals surface area contributed by atoms with Gasteiger partial charge in [0.15, 0.2) is 0 Å². The standard InChI is InChI=1S/C31H24N2O8S/c1-3-40-31(35)28-25-18-23(15-17-27(25)41-29(28)21-10-6-4-7-11-21)32(30(34)22-12-8-5-9-13-22)42(38,39)24-16-14-20(2)26(19-24)33(36)37/h4-19H,3H2,1-2H3. The largest absolute Gasteiger partial charge is 0.462 e. The Morgan fingerprint density at radius 3 is 2.24 bits per heavy atom. The minimum Gasteiger partial charge on any atom is -0.462 e. The fourth-order valence-electron chi connectivity index (χ4n) is 4.53. The number of anilines is 1. The Labute approximate surface area is 241 Å². The molecule has 0 aliphatic rings. The van der Waals surface area contributed by atoms with Crippen molar-refractivity contribution in [2.24, 2.45) is 0 Å². The summed E-state index contributed by atoms with van der Waals surface area (Å²) in [6.07, 6.45) is 0. The summed E-state index contributed by atoms with van der Waals surface area (Å²) in [4.78, 5) is 37.4. The Bertz CT molecular complexity index is 1930. The molecule has 42 heavy (non-hydrogen) atoms. The Balaban J connectivity index is 1.76. The van der Waals surface area contributed by atoms with E-state index in [9.17, 15) is 28.1 Å². The quantitative estimate of drug-likeness (QED) is 0.114. The zero-order chi connectivity index (χ0) is 30.0. The molecule has 0 atom stereocenters. The first kappa shape index (κ1) is 28.2.